The Kier molecular flexibility index (Phi) is 5.33. The van der Waals surface area contributed by atoms with Crippen molar-refractivity contribution in [3.63, 3.8) is 0 Å². The van der Waals surface area contributed by atoms with E-state index >= 15 is 0 Å². The van der Waals surface area contributed by atoms with Gasteiger partial charge in [-0.3, -0.25) is 4.79 Å². The highest BCUT2D eigenvalue weighted by atomic mass is 16.5. The van der Waals surface area contributed by atoms with Crippen LogP contribution < -0.4 is 5.32 Å². The molecule has 2 N–H and O–H groups in total. The predicted molar refractivity (Wildman–Crippen MR) is 92.7 cm³/mol. The topological polar surface area (TPSA) is 63.5 Å². The Morgan fingerprint density at radius 1 is 1.25 bits per heavy atom. The average Bonchev–Trinajstić information content (AvgIpc) is 3.02. The fraction of sp³-hybridized carbons (Fsp3) is 0.421. The van der Waals surface area contributed by atoms with E-state index < -0.39 is 6.10 Å². The molecule has 1 unspecified atom stereocenters. The molecular formula is C19H24N2O3. The number of hydrogen-bond acceptors (Lipinski definition) is 3. The summed E-state index contributed by atoms with van der Waals surface area (Å²) in [6.07, 6.45) is 1.17. The van der Waals surface area contributed by atoms with Crippen LogP contribution in [0.4, 0.5) is 0 Å². The number of carbonyl (C=O) groups excluding carboxylic acids is 1. The van der Waals surface area contributed by atoms with Crippen LogP contribution in [0, 0.1) is 5.92 Å². The molecule has 2 heterocycles. The van der Waals surface area contributed by atoms with E-state index in [4.69, 9.17) is 4.74 Å². The number of aromatic nitrogens is 1. The average molecular weight is 328 g/mol. The normalized spacial score (nSPS) is 16.8. The summed E-state index contributed by atoms with van der Waals surface area (Å²) in [5, 5.41) is 13.1. The van der Waals surface area contributed by atoms with E-state index in [1.165, 1.54) is 0 Å². The zero-order chi connectivity index (χ0) is 16.9. The van der Waals surface area contributed by atoms with E-state index in [0.29, 0.717) is 18.9 Å². The van der Waals surface area contributed by atoms with Crippen LogP contribution in [0.5, 0.6) is 0 Å². The van der Waals surface area contributed by atoms with E-state index in [1.54, 1.807) is 0 Å². The first kappa shape index (κ1) is 16.7. The Morgan fingerprint density at radius 2 is 1.96 bits per heavy atom. The lowest BCUT2D eigenvalue weighted by Gasteiger charge is -2.26. The molecule has 0 bridgehead atoms. The molecule has 2 aromatic rings. The summed E-state index contributed by atoms with van der Waals surface area (Å²) in [7, 11) is 1.88. The van der Waals surface area contributed by atoms with Crippen LogP contribution in [-0.4, -0.2) is 41.4 Å². The third kappa shape index (κ3) is 3.68. The second kappa shape index (κ2) is 7.64. The molecule has 5 nitrogen and oxygen atoms in total. The van der Waals surface area contributed by atoms with Crippen LogP contribution in [0.25, 0.3) is 11.3 Å². The highest BCUT2D eigenvalue weighted by Crippen LogP contribution is 2.21. The lowest BCUT2D eigenvalue weighted by molar-refractivity contribution is 0.00870. The number of ether oxygens (including phenoxy) is 1. The molecule has 1 aromatic carbocycles. The van der Waals surface area contributed by atoms with E-state index in [9.17, 15) is 9.90 Å². The van der Waals surface area contributed by atoms with Crippen molar-refractivity contribution in [2.75, 3.05) is 19.8 Å². The fourth-order valence-corrected chi connectivity index (χ4v) is 3.19. The number of carbonyl (C=O) groups is 1. The molecule has 3 rings (SSSR count). The number of hydrogen-bond donors (Lipinski definition) is 2. The van der Waals surface area contributed by atoms with Gasteiger partial charge >= 0.3 is 0 Å². The summed E-state index contributed by atoms with van der Waals surface area (Å²) in [6.45, 7) is 1.65. The van der Waals surface area contributed by atoms with Gasteiger partial charge in [0.15, 0.2) is 0 Å². The van der Waals surface area contributed by atoms with E-state index in [2.05, 4.69) is 5.32 Å². The Labute approximate surface area is 142 Å². The van der Waals surface area contributed by atoms with Crippen LogP contribution in [-0.2, 0) is 11.8 Å². The van der Waals surface area contributed by atoms with Crippen molar-refractivity contribution in [2.45, 2.75) is 18.9 Å². The van der Waals surface area contributed by atoms with Gasteiger partial charge in [0, 0.05) is 32.5 Å². The van der Waals surface area contributed by atoms with Crippen molar-refractivity contribution >= 4 is 5.91 Å². The Balaban J connectivity index is 1.62. The van der Waals surface area contributed by atoms with Crippen LogP contribution >= 0.6 is 0 Å². The van der Waals surface area contributed by atoms with Gasteiger partial charge in [-0.2, -0.15) is 0 Å². The Morgan fingerprint density at radius 3 is 2.67 bits per heavy atom. The number of nitrogens with zero attached hydrogens (tertiary/aromatic N) is 1. The minimum Gasteiger partial charge on any atom is -0.391 e. The molecule has 1 fully saturated rings. The maximum Gasteiger partial charge on any atom is 0.268 e. The number of aliphatic hydroxyl groups is 1. The number of aliphatic hydroxyl groups excluding tert-OH is 1. The highest BCUT2D eigenvalue weighted by molar-refractivity contribution is 5.93. The zero-order valence-corrected chi connectivity index (χ0v) is 13.9. The standard InChI is InChI=1S/C19H24N2O3/c1-21-16(14-5-3-2-4-6-14)7-8-17(21)19(23)20-13-18(22)15-9-11-24-12-10-15/h2-8,15,18,22H,9-13H2,1H3,(H,20,23). The summed E-state index contributed by atoms with van der Waals surface area (Å²) < 4.78 is 7.18. The van der Waals surface area contributed by atoms with Gasteiger partial charge < -0.3 is 19.7 Å². The molecule has 0 aliphatic carbocycles. The molecular weight excluding hydrogens is 304 g/mol. The zero-order valence-electron chi connectivity index (χ0n) is 13.9. The largest absolute Gasteiger partial charge is 0.391 e. The molecule has 0 spiro atoms. The predicted octanol–water partition coefficient (Wildman–Crippen LogP) is 2.21. The van der Waals surface area contributed by atoms with Crippen LogP contribution in [0.15, 0.2) is 42.5 Å². The third-order valence-corrected chi connectivity index (χ3v) is 4.71. The van der Waals surface area contributed by atoms with Gasteiger partial charge in [0.25, 0.3) is 5.91 Å². The minimum absolute atomic E-state index is 0.161. The summed E-state index contributed by atoms with van der Waals surface area (Å²) in [5.74, 6) is 0.0399. The molecule has 1 aliphatic rings. The number of benzene rings is 1. The first-order chi connectivity index (χ1) is 11.7. The van der Waals surface area contributed by atoms with Crippen molar-refractivity contribution in [3.8, 4) is 11.3 Å². The second-order valence-corrected chi connectivity index (χ2v) is 6.26. The van der Waals surface area contributed by atoms with Gasteiger partial charge in [0.2, 0.25) is 0 Å². The molecule has 1 atom stereocenters. The van der Waals surface area contributed by atoms with Crippen LogP contribution in [0.3, 0.4) is 0 Å². The number of amides is 1. The molecule has 1 aromatic heterocycles. The molecule has 128 valence electrons. The van der Waals surface area contributed by atoms with Crippen molar-refractivity contribution < 1.29 is 14.6 Å². The van der Waals surface area contributed by atoms with Crippen LogP contribution in [0.1, 0.15) is 23.3 Å². The van der Waals surface area contributed by atoms with Crippen LogP contribution in [0.2, 0.25) is 0 Å². The molecule has 24 heavy (non-hydrogen) atoms. The van der Waals surface area contributed by atoms with Gasteiger partial charge in [0.1, 0.15) is 5.69 Å². The van der Waals surface area contributed by atoms with Crippen molar-refractivity contribution in [2.24, 2.45) is 13.0 Å². The van der Waals surface area contributed by atoms with Gasteiger partial charge in [-0.15, -0.1) is 0 Å². The number of rotatable bonds is 5. The van der Waals surface area contributed by atoms with Gasteiger partial charge in [-0.05, 0) is 36.5 Å². The summed E-state index contributed by atoms with van der Waals surface area (Å²) >= 11 is 0. The maximum absolute atomic E-state index is 12.4. The van der Waals surface area contributed by atoms with Crippen molar-refractivity contribution in [3.05, 3.63) is 48.2 Å². The fourth-order valence-electron chi connectivity index (χ4n) is 3.19. The monoisotopic (exact) mass is 328 g/mol. The number of nitrogens with one attached hydrogen (secondary N) is 1. The summed E-state index contributed by atoms with van der Waals surface area (Å²) in [6, 6.07) is 13.7. The quantitative estimate of drug-likeness (QED) is 0.884. The summed E-state index contributed by atoms with van der Waals surface area (Å²) in [5.41, 5.74) is 2.65. The summed E-state index contributed by atoms with van der Waals surface area (Å²) in [4.78, 5) is 12.4. The lowest BCUT2D eigenvalue weighted by atomic mass is 9.94. The molecule has 5 heteroatoms. The SMILES string of the molecule is Cn1c(C(=O)NCC(O)C2CCOCC2)ccc1-c1ccccc1. The lowest BCUT2D eigenvalue weighted by Crippen LogP contribution is -2.38. The minimum atomic E-state index is -0.522. The smallest absolute Gasteiger partial charge is 0.268 e. The molecule has 1 saturated heterocycles. The first-order valence-electron chi connectivity index (χ1n) is 8.42. The van der Waals surface area contributed by atoms with Crippen molar-refractivity contribution in [1.82, 2.24) is 9.88 Å². The molecule has 0 saturated carbocycles. The molecule has 1 amide bonds. The Bertz CT molecular complexity index is 675. The second-order valence-electron chi connectivity index (χ2n) is 6.26. The third-order valence-electron chi connectivity index (χ3n) is 4.71. The van der Waals surface area contributed by atoms with E-state index in [-0.39, 0.29) is 18.4 Å². The van der Waals surface area contributed by atoms with Gasteiger partial charge in [0.05, 0.1) is 6.10 Å². The maximum atomic E-state index is 12.4. The molecule has 0 radical (unpaired) electrons. The Hall–Kier alpha value is -2.11. The van der Waals surface area contributed by atoms with Gasteiger partial charge in [-0.1, -0.05) is 30.3 Å². The van der Waals surface area contributed by atoms with E-state index in [1.807, 2.05) is 54.1 Å². The van der Waals surface area contributed by atoms with E-state index in [0.717, 1.165) is 24.1 Å². The molecule has 1 aliphatic heterocycles. The van der Waals surface area contributed by atoms with Crippen molar-refractivity contribution in [1.29, 1.82) is 0 Å². The highest BCUT2D eigenvalue weighted by Gasteiger charge is 2.23. The van der Waals surface area contributed by atoms with Gasteiger partial charge in [-0.25, -0.2) is 0 Å². The first-order valence-corrected chi connectivity index (χ1v) is 8.42.